The number of hydrogen-bond acceptors (Lipinski definition) is 3. The summed E-state index contributed by atoms with van der Waals surface area (Å²) in [6, 6.07) is 16.0. The minimum atomic E-state index is -0.423. The van der Waals surface area contributed by atoms with Gasteiger partial charge in [-0.3, -0.25) is 14.9 Å². The lowest BCUT2D eigenvalue weighted by Crippen LogP contribution is -2.30. The van der Waals surface area contributed by atoms with Gasteiger partial charge in [-0.05, 0) is 30.0 Å². The Morgan fingerprint density at radius 2 is 1.55 bits per heavy atom. The molecular formula is C28H38N2O3. The van der Waals surface area contributed by atoms with E-state index in [1.165, 1.54) is 50.7 Å². The van der Waals surface area contributed by atoms with Crippen molar-refractivity contribution in [3.8, 4) is 0 Å². The second-order valence-corrected chi connectivity index (χ2v) is 9.02. The van der Waals surface area contributed by atoms with Crippen LogP contribution in [0.1, 0.15) is 77.2 Å². The summed E-state index contributed by atoms with van der Waals surface area (Å²) in [5, 5.41) is 11.2. The van der Waals surface area contributed by atoms with Gasteiger partial charge in [-0.2, -0.15) is 0 Å². The Balaban J connectivity index is 1.88. The molecule has 0 aliphatic rings. The Morgan fingerprint density at radius 3 is 2.18 bits per heavy atom. The number of benzene rings is 2. The highest BCUT2D eigenvalue weighted by Gasteiger charge is 2.16. The minimum Gasteiger partial charge on any atom is -0.309 e. The van der Waals surface area contributed by atoms with Crippen molar-refractivity contribution in [1.82, 2.24) is 0 Å². The highest BCUT2D eigenvalue weighted by atomic mass is 16.6. The average molecular weight is 451 g/mol. The van der Waals surface area contributed by atoms with Crippen LogP contribution in [0.15, 0.2) is 60.7 Å². The number of unbranched alkanes of at least 4 members (excludes halogenated alkanes) is 7. The van der Waals surface area contributed by atoms with Crippen molar-refractivity contribution >= 4 is 23.4 Å². The van der Waals surface area contributed by atoms with Gasteiger partial charge in [0.1, 0.15) is 0 Å². The number of nitrogens with zero attached hydrogens (tertiary/aromatic N) is 2. The molecule has 2 aromatic rings. The maximum atomic E-state index is 13.0. The van der Waals surface area contributed by atoms with Crippen molar-refractivity contribution in [2.24, 2.45) is 5.92 Å². The van der Waals surface area contributed by atoms with Gasteiger partial charge in [0.2, 0.25) is 0 Å². The summed E-state index contributed by atoms with van der Waals surface area (Å²) in [4.78, 5) is 25.4. The molecule has 0 heterocycles. The summed E-state index contributed by atoms with van der Waals surface area (Å²) in [7, 11) is 0. The summed E-state index contributed by atoms with van der Waals surface area (Å²) < 4.78 is 0. The number of hydrogen-bond donors (Lipinski definition) is 0. The molecule has 0 aliphatic heterocycles. The second-order valence-electron chi connectivity index (χ2n) is 9.02. The van der Waals surface area contributed by atoms with Crippen molar-refractivity contribution in [3.05, 3.63) is 76.4 Å². The number of non-ortho nitro benzene ring substituents is 1. The van der Waals surface area contributed by atoms with E-state index >= 15 is 0 Å². The average Bonchev–Trinajstić information content (AvgIpc) is 2.81. The molecule has 0 fully saturated rings. The number of rotatable bonds is 15. The van der Waals surface area contributed by atoms with E-state index in [1.807, 2.05) is 30.3 Å². The lowest BCUT2D eigenvalue weighted by Gasteiger charge is -2.21. The molecule has 0 aromatic heterocycles. The molecule has 2 rings (SSSR count). The minimum absolute atomic E-state index is 0.00481. The zero-order chi connectivity index (χ0) is 23.9. The third-order valence-electron chi connectivity index (χ3n) is 5.75. The van der Waals surface area contributed by atoms with Crippen LogP contribution < -0.4 is 4.90 Å². The van der Waals surface area contributed by atoms with Crippen molar-refractivity contribution < 1.29 is 9.72 Å². The fourth-order valence-electron chi connectivity index (χ4n) is 3.85. The zero-order valence-corrected chi connectivity index (χ0v) is 20.1. The van der Waals surface area contributed by atoms with E-state index in [0.29, 0.717) is 12.2 Å². The van der Waals surface area contributed by atoms with Crippen molar-refractivity contribution in [3.63, 3.8) is 0 Å². The Bertz CT molecular complexity index is 878. The highest BCUT2D eigenvalue weighted by Crippen LogP contribution is 2.23. The first-order valence-corrected chi connectivity index (χ1v) is 12.3. The normalized spacial score (nSPS) is 11.2. The van der Waals surface area contributed by atoms with Crippen molar-refractivity contribution in [1.29, 1.82) is 0 Å². The molecule has 2 aromatic carbocycles. The number of nitro benzene ring substituents is 1. The molecular weight excluding hydrogens is 412 g/mol. The molecule has 5 heteroatoms. The van der Waals surface area contributed by atoms with Crippen LogP contribution in [-0.2, 0) is 4.79 Å². The van der Waals surface area contributed by atoms with Crippen LogP contribution in [0.2, 0.25) is 0 Å². The Morgan fingerprint density at radius 1 is 0.909 bits per heavy atom. The molecule has 0 N–H and O–H groups in total. The number of amides is 1. The third-order valence-corrected chi connectivity index (χ3v) is 5.75. The number of nitro groups is 1. The molecule has 0 saturated heterocycles. The summed E-state index contributed by atoms with van der Waals surface area (Å²) in [5.74, 6) is 0.633. The lowest BCUT2D eigenvalue weighted by molar-refractivity contribution is -0.384. The van der Waals surface area contributed by atoms with Gasteiger partial charge in [-0.15, -0.1) is 0 Å². The lowest BCUT2D eigenvalue weighted by atomic mass is 10.0. The fourth-order valence-corrected chi connectivity index (χ4v) is 3.85. The van der Waals surface area contributed by atoms with E-state index in [4.69, 9.17) is 0 Å². The van der Waals surface area contributed by atoms with E-state index in [9.17, 15) is 14.9 Å². The summed E-state index contributed by atoms with van der Waals surface area (Å²) in [6.45, 7) is 5.10. The maximum Gasteiger partial charge on any atom is 0.271 e. The summed E-state index contributed by atoms with van der Waals surface area (Å²) in [5.41, 5.74) is 1.50. The molecule has 33 heavy (non-hydrogen) atoms. The Kier molecular flexibility index (Phi) is 11.9. The molecule has 1 amide bonds. The predicted molar refractivity (Wildman–Crippen MR) is 137 cm³/mol. The first-order valence-electron chi connectivity index (χ1n) is 12.3. The van der Waals surface area contributed by atoms with Crippen LogP contribution in [-0.4, -0.2) is 17.4 Å². The molecule has 0 atom stereocenters. The molecule has 0 aliphatic carbocycles. The predicted octanol–water partition coefficient (Wildman–Crippen LogP) is 7.81. The van der Waals surface area contributed by atoms with E-state index < -0.39 is 4.92 Å². The smallest absolute Gasteiger partial charge is 0.271 e. The van der Waals surface area contributed by atoms with Crippen molar-refractivity contribution in [2.75, 3.05) is 11.4 Å². The van der Waals surface area contributed by atoms with Gasteiger partial charge < -0.3 is 4.90 Å². The Hall–Kier alpha value is -2.95. The largest absolute Gasteiger partial charge is 0.309 e. The summed E-state index contributed by atoms with van der Waals surface area (Å²) >= 11 is 0. The van der Waals surface area contributed by atoms with Gasteiger partial charge in [0.15, 0.2) is 0 Å². The fraction of sp³-hybridized carbons (Fsp3) is 0.464. The highest BCUT2D eigenvalue weighted by molar-refractivity contribution is 6.04. The van der Waals surface area contributed by atoms with Gasteiger partial charge in [0.05, 0.1) is 10.6 Å². The van der Waals surface area contributed by atoms with Crippen molar-refractivity contribution in [2.45, 2.75) is 71.6 Å². The Labute approximate surface area is 198 Å². The first-order chi connectivity index (χ1) is 16.0. The molecule has 0 unspecified atom stereocenters. The number of carbonyl (C=O) groups is 1. The topological polar surface area (TPSA) is 63.5 Å². The van der Waals surface area contributed by atoms with E-state index in [2.05, 4.69) is 13.8 Å². The van der Waals surface area contributed by atoms with Gasteiger partial charge >= 0.3 is 0 Å². The second kappa shape index (κ2) is 15.0. The van der Waals surface area contributed by atoms with E-state index in [-0.39, 0.29) is 11.6 Å². The van der Waals surface area contributed by atoms with E-state index in [0.717, 1.165) is 30.7 Å². The van der Waals surface area contributed by atoms with Gasteiger partial charge in [0.25, 0.3) is 11.6 Å². The van der Waals surface area contributed by atoms with E-state index in [1.54, 1.807) is 29.2 Å². The van der Waals surface area contributed by atoms with Crippen LogP contribution in [0, 0.1) is 16.0 Å². The van der Waals surface area contributed by atoms with Crippen LogP contribution >= 0.6 is 0 Å². The van der Waals surface area contributed by atoms with Crippen LogP contribution in [0.3, 0.4) is 0 Å². The van der Waals surface area contributed by atoms with Crippen LogP contribution in [0.4, 0.5) is 11.4 Å². The number of carbonyl (C=O) groups excluding carboxylic acids is 1. The molecule has 0 bridgehead atoms. The quantitative estimate of drug-likeness (QED) is 0.120. The molecule has 0 radical (unpaired) electrons. The molecule has 5 nitrogen and oxygen atoms in total. The van der Waals surface area contributed by atoms with Gasteiger partial charge in [-0.1, -0.05) is 102 Å². The third kappa shape index (κ3) is 10.5. The summed E-state index contributed by atoms with van der Waals surface area (Å²) in [6.07, 6.45) is 14.2. The van der Waals surface area contributed by atoms with Gasteiger partial charge in [-0.25, -0.2) is 0 Å². The van der Waals surface area contributed by atoms with Crippen LogP contribution in [0.5, 0.6) is 0 Å². The number of anilines is 1. The monoisotopic (exact) mass is 450 g/mol. The molecule has 178 valence electrons. The maximum absolute atomic E-state index is 13.0. The first kappa shape index (κ1) is 26.3. The molecule has 0 spiro atoms. The van der Waals surface area contributed by atoms with Gasteiger partial charge in [0, 0.05) is 24.8 Å². The standard InChI is InChI=1S/C28H38N2O3/c1-24(2)15-10-7-5-3-4-6-8-13-22-29(26-18-14-19-27(23-26)30(32)33)28(31)21-20-25-16-11-9-12-17-25/h9,11-12,14,16-21,23-24H,3-8,10,13,15,22H2,1-2H3. The molecule has 0 saturated carbocycles. The SMILES string of the molecule is CC(C)CCCCCCCCCCN(C(=O)C=Cc1ccccc1)c1cccc([N+](=O)[O-])c1. The zero-order valence-electron chi connectivity index (χ0n) is 20.1. The van der Waals surface area contributed by atoms with Crippen LogP contribution in [0.25, 0.3) is 6.08 Å².